The number of aliphatic hydroxyl groups excluding tert-OH is 1. The smallest absolute Gasteiger partial charge is 0.214 e. The third-order valence-corrected chi connectivity index (χ3v) is 5.61. The predicted octanol–water partition coefficient (Wildman–Crippen LogP) is 1.61. The standard InChI is InChI=1S/C14H21NO3S/c16-10-9-15(11-13-5-2-1-3-6-13)19(17,18)12-14-7-4-8-14/h1-3,5-6,14,16H,4,7-12H2. The molecule has 0 radical (unpaired) electrons. The molecular formula is C14H21NO3S. The van der Waals surface area contributed by atoms with Crippen molar-refractivity contribution in [1.29, 1.82) is 0 Å². The highest BCUT2D eigenvalue weighted by Gasteiger charge is 2.29. The Bertz CT molecular complexity index is 483. The Balaban J connectivity index is 2.05. The first kappa shape index (κ1) is 14.5. The molecule has 1 aromatic rings. The molecule has 1 saturated carbocycles. The zero-order valence-electron chi connectivity index (χ0n) is 11.0. The maximum atomic E-state index is 12.3. The van der Waals surface area contributed by atoms with Crippen LogP contribution in [0.4, 0.5) is 0 Å². The van der Waals surface area contributed by atoms with E-state index in [9.17, 15) is 8.42 Å². The molecule has 1 fully saturated rings. The molecule has 0 aromatic heterocycles. The fraction of sp³-hybridized carbons (Fsp3) is 0.571. The lowest BCUT2D eigenvalue weighted by atomic mass is 9.87. The maximum absolute atomic E-state index is 12.3. The van der Waals surface area contributed by atoms with Crippen LogP contribution in [0.15, 0.2) is 30.3 Å². The Morgan fingerprint density at radius 3 is 2.42 bits per heavy atom. The molecule has 106 valence electrons. The molecule has 5 heteroatoms. The minimum Gasteiger partial charge on any atom is -0.395 e. The average molecular weight is 283 g/mol. The van der Waals surface area contributed by atoms with Crippen molar-refractivity contribution in [3.63, 3.8) is 0 Å². The summed E-state index contributed by atoms with van der Waals surface area (Å²) in [5.41, 5.74) is 0.952. The summed E-state index contributed by atoms with van der Waals surface area (Å²) in [6, 6.07) is 9.51. The van der Waals surface area contributed by atoms with E-state index in [1.807, 2.05) is 30.3 Å². The third-order valence-electron chi connectivity index (χ3n) is 3.62. The second-order valence-electron chi connectivity index (χ2n) is 5.12. The topological polar surface area (TPSA) is 57.6 Å². The van der Waals surface area contributed by atoms with E-state index in [1.54, 1.807) is 0 Å². The van der Waals surface area contributed by atoms with E-state index in [2.05, 4.69) is 0 Å². The highest BCUT2D eigenvalue weighted by Crippen LogP contribution is 2.28. The predicted molar refractivity (Wildman–Crippen MR) is 75.1 cm³/mol. The lowest BCUT2D eigenvalue weighted by Crippen LogP contribution is -2.38. The number of sulfonamides is 1. The summed E-state index contributed by atoms with van der Waals surface area (Å²) in [6.45, 7) is 0.372. The Morgan fingerprint density at radius 2 is 1.89 bits per heavy atom. The first-order valence-corrected chi connectivity index (χ1v) is 8.35. The summed E-state index contributed by atoms with van der Waals surface area (Å²) >= 11 is 0. The van der Waals surface area contributed by atoms with Crippen LogP contribution in [-0.2, 0) is 16.6 Å². The Hall–Kier alpha value is -0.910. The number of aliphatic hydroxyl groups is 1. The van der Waals surface area contributed by atoms with Gasteiger partial charge in [0.1, 0.15) is 0 Å². The van der Waals surface area contributed by atoms with Crippen LogP contribution in [0.2, 0.25) is 0 Å². The average Bonchev–Trinajstić information content (AvgIpc) is 2.35. The molecule has 0 amide bonds. The second-order valence-corrected chi connectivity index (χ2v) is 7.13. The fourth-order valence-electron chi connectivity index (χ4n) is 2.28. The van der Waals surface area contributed by atoms with Crippen LogP contribution in [0.25, 0.3) is 0 Å². The van der Waals surface area contributed by atoms with Crippen molar-refractivity contribution in [1.82, 2.24) is 4.31 Å². The van der Waals surface area contributed by atoms with Gasteiger partial charge in [0.25, 0.3) is 0 Å². The lowest BCUT2D eigenvalue weighted by molar-refractivity contribution is 0.248. The molecule has 0 unspecified atom stereocenters. The van der Waals surface area contributed by atoms with Crippen LogP contribution >= 0.6 is 0 Å². The largest absolute Gasteiger partial charge is 0.395 e. The summed E-state index contributed by atoms with van der Waals surface area (Å²) in [4.78, 5) is 0. The molecule has 0 spiro atoms. The molecule has 0 atom stereocenters. The van der Waals surface area contributed by atoms with Gasteiger partial charge in [-0.2, -0.15) is 4.31 Å². The van der Waals surface area contributed by atoms with E-state index >= 15 is 0 Å². The number of hydrogen-bond acceptors (Lipinski definition) is 3. The number of nitrogens with zero attached hydrogens (tertiary/aromatic N) is 1. The van der Waals surface area contributed by atoms with Crippen LogP contribution in [-0.4, -0.2) is 36.7 Å². The number of hydrogen-bond donors (Lipinski definition) is 1. The van der Waals surface area contributed by atoms with E-state index in [0.717, 1.165) is 24.8 Å². The Labute approximate surface area is 115 Å². The van der Waals surface area contributed by atoms with Crippen molar-refractivity contribution in [2.75, 3.05) is 18.9 Å². The van der Waals surface area contributed by atoms with Gasteiger partial charge in [0.15, 0.2) is 0 Å². The summed E-state index contributed by atoms with van der Waals surface area (Å²) in [5.74, 6) is 0.529. The van der Waals surface area contributed by atoms with Gasteiger partial charge in [0.2, 0.25) is 10.0 Å². The SMILES string of the molecule is O=S(=O)(CC1CCC1)N(CCO)Cc1ccccc1. The molecule has 1 aliphatic carbocycles. The van der Waals surface area contributed by atoms with E-state index in [0.29, 0.717) is 12.5 Å². The van der Waals surface area contributed by atoms with Crippen molar-refractivity contribution < 1.29 is 13.5 Å². The van der Waals surface area contributed by atoms with Crippen LogP contribution in [0.3, 0.4) is 0 Å². The van der Waals surface area contributed by atoms with Crippen LogP contribution in [0.5, 0.6) is 0 Å². The van der Waals surface area contributed by atoms with E-state index in [-0.39, 0.29) is 18.9 Å². The minimum atomic E-state index is -3.27. The second kappa shape index (κ2) is 6.50. The fourth-order valence-corrected chi connectivity index (χ4v) is 4.12. The van der Waals surface area contributed by atoms with Crippen molar-refractivity contribution in [3.8, 4) is 0 Å². The van der Waals surface area contributed by atoms with Crippen molar-refractivity contribution in [3.05, 3.63) is 35.9 Å². The highest BCUT2D eigenvalue weighted by atomic mass is 32.2. The van der Waals surface area contributed by atoms with Gasteiger partial charge in [-0.3, -0.25) is 0 Å². The van der Waals surface area contributed by atoms with Gasteiger partial charge in [0, 0.05) is 13.1 Å². The Morgan fingerprint density at radius 1 is 1.21 bits per heavy atom. The molecule has 0 heterocycles. The Kier molecular flexibility index (Phi) is 4.96. The van der Waals surface area contributed by atoms with Gasteiger partial charge in [-0.1, -0.05) is 36.8 Å². The molecule has 0 saturated heterocycles. The monoisotopic (exact) mass is 283 g/mol. The summed E-state index contributed by atoms with van der Waals surface area (Å²) < 4.78 is 26.1. The molecular weight excluding hydrogens is 262 g/mol. The number of benzene rings is 1. The van der Waals surface area contributed by atoms with Gasteiger partial charge in [-0.15, -0.1) is 0 Å². The van der Waals surface area contributed by atoms with Gasteiger partial charge in [-0.25, -0.2) is 8.42 Å². The maximum Gasteiger partial charge on any atom is 0.214 e. The van der Waals surface area contributed by atoms with E-state index in [1.165, 1.54) is 4.31 Å². The van der Waals surface area contributed by atoms with Crippen LogP contribution < -0.4 is 0 Å². The van der Waals surface area contributed by atoms with Crippen molar-refractivity contribution in [2.45, 2.75) is 25.8 Å². The normalized spacial score (nSPS) is 16.5. The van der Waals surface area contributed by atoms with Crippen LogP contribution in [0, 0.1) is 5.92 Å². The van der Waals surface area contributed by atoms with Crippen LogP contribution in [0.1, 0.15) is 24.8 Å². The quantitative estimate of drug-likeness (QED) is 0.827. The summed E-state index contributed by atoms with van der Waals surface area (Å²) in [7, 11) is -3.27. The van der Waals surface area contributed by atoms with Gasteiger partial charge in [-0.05, 0) is 24.3 Å². The molecule has 1 N–H and O–H groups in total. The summed E-state index contributed by atoms with van der Waals surface area (Å²) in [5, 5.41) is 9.08. The van der Waals surface area contributed by atoms with Gasteiger partial charge < -0.3 is 5.11 Å². The molecule has 2 rings (SSSR count). The highest BCUT2D eigenvalue weighted by molar-refractivity contribution is 7.89. The van der Waals surface area contributed by atoms with Gasteiger partial charge >= 0.3 is 0 Å². The molecule has 1 aromatic carbocycles. The first-order valence-electron chi connectivity index (χ1n) is 6.74. The molecule has 0 bridgehead atoms. The lowest BCUT2D eigenvalue weighted by Gasteiger charge is -2.29. The minimum absolute atomic E-state index is 0.142. The molecule has 4 nitrogen and oxygen atoms in total. The summed E-state index contributed by atoms with van der Waals surface area (Å²) in [6.07, 6.45) is 3.16. The van der Waals surface area contributed by atoms with Crippen molar-refractivity contribution in [2.24, 2.45) is 5.92 Å². The van der Waals surface area contributed by atoms with Gasteiger partial charge in [0.05, 0.1) is 12.4 Å². The zero-order chi connectivity index (χ0) is 13.7. The molecule has 0 aliphatic heterocycles. The first-order chi connectivity index (χ1) is 9.12. The van der Waals surface area contributed by atoms with E-state index < -0.39 is 10.0 Å². The van der Waals surface area contributed by atoms with Crippen molar-refractivity contribution >= 4 is 10.0 Å². The molecule has 19 heavy (non-hydrogen) atoms. The zero-order valence-corrected chi connectivity index (χ0v) is 11.8. The molecule has 1 aliphatic rings. The number of rotatable bonds is 7. The van der Waals surface area contributed by atoms with E-state index in [4.69, 9.17) is 5.11 Å². The third kappa shape index (κ3) is 4.03.